The molecular formula is C11H10F2O2. The third-order valence-electron chi connectivity index (χ3n) is 2.72. The van der Waals surface area contributed by atoms with Crippen LogP contribution in [0.5, 0.6) is 0 Å². The van der Waals surface area contributed by atoms with Crippen molar-refractivity contribution in [2.24, 2.45) is 11.8 Å². The Balaban J connectivity index is 2.01. The molecule has 1 saturated carbocycles. The van der Waals surface area contributed by atoms with Gasteiger partial charge in [0.15, 0.2) is 11.6 Å². The predicted molar refractivity (Wildman–Crippen MR) is 49.3 cm³/mol. The Morgan fingerprint density at radius 1 is 1.40 bits per heavy atom. The van der Waals surface area contributed by atoms with Crippen LogP contribution < -0.4 is 0 Å². The second-order valence-electron chi connectivity index (χ2n) is 3.89. The summed E-state index contributed by atoms with van der Waals surface area (Å²) in [4.78, 5) is 10.5. The van der Waals surface area contributed by atoms with Crippen LogP contribution in [0.2, 0.25) is 0 Å². The molecule has 0 saturated heterocycles. The number of benzene rings is 1. The van der Waals surface area contributed by atoms with Gasteiger partial charge in [0.2, 0.25) is 0 Å². The molecule has 1 aromatic rings. The third-order valence-corrected chi connectivity index (χ3v) is 2.72. The number of hydrogen-bond acceptors (Lipinski definition) is 1. The fraction of sp³-hybridized carbons (Fsp3) is 0.364. The minimum atomic E-state index is -0.875. The van der Waals surface area contributed by atoms with E-state index < -0.39 is 17.6 Å². The molecule has 15 heavy (non-hydrogen) atoms. The van der Waals surface area contributed by atoms with Crippen LogP contribution in [0.15, 0.2) is 18.2 Å². The smallest absolute Gasteiger partial charge is 0.306 e. The summed E-state index contributed by atoms with van der Waals surface area (Å²) >= 11 is 0. The number of hydrogen-bond donors (Lipinski definition) is 1. The molecule has 1 fully saturated rings. The highest BCUT2D eigenvalue weighted by atomic mass is 19.2. The first-order valence-electron chi connectivity index (χ1n) is 4.74. The standard InChI is InChI=1S/C11H10F2O2/c12-9-2-1-6(4-10(9)13)3-7-5-8(7)11(14)15/h1-2,4,7-8H,3,5H2,(H,14,15)/t7-,8+/m1/s1. The van der Waals surface area contributed by atoms with Crippen LogP contribution in [0.25, 0.3) is 0 Å². The highest BCUT2D eigenvalue weighted by Crippen LogP contribution is 2.41. The summed E-state index contributed by atoms with van der Waals surface area (Å²) < 4.78 is 25.4. The van der Waals surface area contributed by atoms with Gasteiger partial charge in [0.05, 0.1) is 5.92 Å². The van der Waals surface area contributed by atoms with Gasteiger partial charge >= 0.3 is 5.97 Å². The van der Waals surface area contributed by atoms with Crippen LogP contribution in [0.4, 0.5) is 8.78 Å². The molecule has 1 aliphatic carbocycles. The van der Waals surface area contributed by atoms with E-state index in [-0.39, 0.29) is 11.8 Å². The first-order chi connectivity index (χ1) is 7.08. The summed E-state index contributed by atoms with van der Waals surface area (Å²) in [5.74, 6) is -2.78. The lowest BCUT2D eigenvalue weighted by molar-refractivity contribution is -0.138. The van der Waals surface area contributed by atoms with Gasteiger partial charge in [0.25, 0.3) is 0 Å². The quantitative estimate of drug-likeness (QED) is 0.834. The minimum absolute atomic E-state index is 0.0763. The summed E-state index contributed by atoms with van der Waals surface area (Å²) in [6.45, 7) is 0. The number of aliphatic carboxylic acids is 1. The van der Waals surface area contributed by atoms with E-state index in [0.717, 1.165) is 12.1 Å². The molecule has 0 radical (unpaired) electrons. The molecule has 0 amide bonds. The van der Waals surface area contributed by atoms with E-state index in [1.807, 2.05) is 0 Å². The van der Waals surface area contributed by atoms with Crippen molar-refractivity contribution in [3.05, 3.63) is 35.4 Å². The summed E-state index contributed by atoms with van der Waals surface area (Å²) in [5, 5.41) is 8.67. The molecule has 0 spiro atoms. The average molecular weight is 212 g/mol. The van der Waals surface area contributed by atoms with Crippen LogP contribution >= 0.6 is 0 Å². The van der Waals surface area contributed by atoms with E-state index in [9.17, 15) is 13.6 Å². The lowest BCUT2D eigenvalue weighted by Crippen LogP contribution is -2.01. The largest absolute Gasteiger partial charge is 0.481 e. The van der Waals surface area contributed by atoms with Gasteiger partial charge in [-0.3, -0.25) is 4.79 Å². The Labute approximate surface area is 85.5 Å². The maximum atomic E-state index is 12.8. The van der Waals surface area contributed by atoms with Gasteiger partial charge in [-0.2, -0.15) is 0 Å². The van der Waals surface area contributed by atoms with Gasteiger partial charge in [0.1, 0.15) is 0 Å². The van der Waals surface area contributed by atoms with Gasteiger partial charge in [-0.15, -0.1) is 0 Å². The van der Waals surface area contributed by atoms with Gasteiger partial charge in [-0.1, -0.05) is 6.07 Å². The zero-order chi connectivity index (χ0) is 11.0. The van der Waals surface area contributed by atoms with Crippen molar-refractivity contribution in [2.75, 3.05) is 0 Å². The molecule has 2 nitrogen and oxygen atoms in total. The van der Waals surface area contributed by atoms with Crippen molar-refractivity contribution in [3.63, 3.8) is 0 Å². The second kappa shape index (κ2) is 3.61. The van der Waals surface area contributed by atoms with E-state index in [4.69, 9.17) is 5.11 Å². The molecule has 0 aromatic heterocycles. The normalized spacial score (nSPS) is 23.9. The molecule has 0 aliphatic heterocycles. The summed E-state index contributed by atoms with van der Waals surface area (Å²) in [7, 11) is 0. The van der Waals surface area contributed by atoms with Crippen molar-refractivity contribution in [3.8, 4) is 0 Å². The molecule has 1 N–H and O–H groups in total. The van der Waals surface area contributed by atoms with E-state index >= 15 is 0 Å². The Hall–Kier alpha value is -1.45. The molecule has 0 bridgehead atoms. The Morgan fingerprint density at radius 2 is 2.13 bits per heavy atom. The van der Waals surface area contributed by atoms with E-state index in [1.54, 1.807) is 0 Å². The van der Waals surface area contributed by atoms with Crippen molar-refractivity contribution in [2.45, 2.75) is 12.8 Å². The first-order valence-corrected chi connectivity index (χ1v) is 4.74. The zero-order valence-electron chi connectivity index (χ0n) is 7.91. The molecule has 0 unspecified atom stereocenters. The molecule has 4 heteroatoms. The number of carboxylic acids is 1. The number of carboxylic acid groups (broad SMARTS) is 1. The van der Waals surface area contributed by atoms with Crippen LogP contribution in [-0.4, -0.2) is 11.1 Å². The van der Waals surface area contributed by atoms with Crippen molar-refractivity contribution < 1.29 is 18.7 Å². The summed E-state index contributed by atoms with van der Waals surface area (Å²) in [6, 6.07) is 3.70. The lowest BCUT2D eigenvalue weighted by Gasteiger charge is -2.00. The summed E-state index contributed by atoms with van der Waals surface area (Å²) in [5.41, 5.74) is 0.655. The Morgan fingerprint density at radius 3 is 2.67 bits per heavy atom. The first kappa shape index (κ1) is 10.1. The number of halogens is 2. The Bertz CT molecular complexity index is 404. The minimum Gasteiger partial charge on any atom is -0.481 e. The van der Waals surface area contributed by atoms with Crippen LogP contribution in [0.1, 0.15) is 12.0 Å². The molecule has 1 aromatic carbocycles. The van der Waals surface area contributed by atoms with E-state index in [0.29, 0.717) is 18.4 Å². The van der Waals surface area contributed by atoms with Gasteiger partial charge in [0, 0.05) is 0 Å². The highest BCUT2D eigenvalue weighted by Gasteiger charge is 2.42. The topological polar surface area (TPSA) is 37.3 Å². The Kier molecular flexibility index (Phi) is 2.42. The van der Waals surface area contributed by atoms with Gasteiger partial charge in [-0.25, -0.2) is 8.78 Å². The SMILES string of the molecule is O=C(O)[C@H]1C[C@H]1Cc1ccc(F)c(F)c1. The van der Waals surface area contributed by atoms with Gasteiger partial charge in [-0.05, 0) is 36.5 Å². The fourth-order valence-electron chi connectivity index (χ4n) is 1.74. The monoisotopic (exact) mass is 212 g/mol. The maximum Gasteiger partial charge on any atom is 0.306 e. The van der Waals surface area contributed by atoms with Crippen molar-refractivity contribution in [1.29, 1.82) is 0 Å². The molecule has 80 valence electrons. The lowest BCUT2D eigenvalue weighted by atomic mass is 10.1. The van der Waals surface area contributed by atoms with Gasteiger partial charge < -0.3 is 5.11 Å². The zero-order valence-corrected chi connectivity index (χ0v) is 7.91. The van der Waals surface area contributed by atoms with E-state index in [2.05, 4.69) is 0 Å². The molecule has 0 heterocycles. The van der Waals surface area contributed by atoms with Crippen LogP contribution in [-0.2, 0) is 11.2 Å². The molecule has 2 atom stereocenters. The van der Waals surface area contributed by atoms with Crippen LogP contribution in [0.3, 0.4) is 0 Å². The molecule has 1 aliphatic rings. The molecular weight excluding hydrogens is 202 g/mol. The van der Waals surface area contributed by atoms with E-state index in [1.165, 1.54) is 6.07 Å². The highest BCUT2D eigenvalue weighted by molar-refractivity contribution is 5.73. The van der Waals surface area contributed by atoms with Crippen LogP contribution in [0, 0.1) is 23.5 Å². The predicted octanol–water partition coefficient (Wildman–Crippen LogP) is 2.23. The average Bonchev–Trinajstić information content (AvgIpc) is 2.91. The number of rotatable bonds is 3. The van der Waals surface area contributed by atoms with Crippen molar-refractivity contribution in [1.82, 2.24) is 0 Å². The van der Waals surface area contributed by atoms with Crippen molar-refractivity contribution >= 4 is 5.97 Å². The fourth-order valence-corrected chi connectivity index (χ4v) is 1.74. The molecule has 2 rings (SSSR count). The number of carbonyl (C=O) groups is 1. The maximum absolute atomic E-state index is 12.8. The summed E-state index contributed by atoms with van der Waals surface area (Å²) in [6.07, 6.45) is 1.14. The third kappa shape index (κ3) is 2.14. The second-order valence-corrected chi connectivity index (χ2v) is 3.89.